The second-order valence-electron chi connectivity index (χ2n) is 6.29. The first-order chi connectivity index (χ1) is 10.5. The molecule has 126 valence electrons. The highest BCUT2D eigenvalue weighted by Gasteiger charge is 2.46. The number of amides is 1. The Kier molecular flexibility index (Phi) is 4.72. The quantitative estimate of drug-likeness (QED) is 0.714. The van der Waals surface area contributed by atoms with Crippen molar-refractivity contribution in [2.75, 3.05) is 39.1 Å². The van der Waals surface area contributed by atoms with E-state index in [9.17, 15) is 13.2 Å². The maximum atomic E-state index is 12.0. The Labute approximate surface area is 131 Å². The van der Waals surface area contributed by atoms with Gasteiger partial charge in [-0.25, -0.2) is 8.42 Å². The summed E-state index contributed by atoms with van der Waals surface area (Å²) in [6.07, 6.45) is 4.37. The normalized spacial score (nSPS) is 33.1. The summed E-state index contributed by atoms with van der Waals surface area (Å²) in [7, 11) is -3.23. The Bertz CT molecular complexity index is 517. The molecular formula is C14H24N2O5S. The van der Waals surface area contributed by atoms with Crippen LogP contribution in [0.2, 0.25) is 0 Å². The van der Waals surface area contributed by atoms with Gasteiger partial charge >= 0.3 is 0 Å². The van der Waals surface area contributed by atoms with Crippen molar-refractivity contribution in [2.24, 2.45) is 0 Å². The first-order valence-corrected chi connectivity index (χ1v) is 9.79. The van der Waals surface area contributed by atoms with Gasteiger partial charge in [0.05, 0.1) is 25.0 Å². The highest BCUT2D eigenvalue weighted by Crippen LogP contribution is 2.33. The predicted octanol–water partition coefficient (Wildman–Crippen LogP) is -0.183. The van der Waals surface area contributed by atoms with Gasteiger partial charge in [0.25, 0.3) is 0 Å². The van der Waals surface area contributed by atoms with Crippen LogP contribution in [-0.4, -0.2) is 80.9 Å². The van der Waals surface area contributed by atoms with E-state index in [4.69, 9.17) is 9.47 Å². The zero-order chi connectivity index (χ0) is 15.7. The number of sulfonamides is 1. The van der Waals surface area contributed by atoms with Crippen molar-refractivity contribution in [1.82, 2.24) is 9.21 Å². The van der Waals surface area contributed by atoms with E-state index >= 15 is 0 Å². The second kappa shape index (κ2) is 6.43. The molecule has 1 amide bonds. The highest BCUT2D eigenvalue weighted by atomic mass is 32.2. The average molecular weight is 332 g/mol. The van der Waals surface area contributed by atoms with Gasteiger partial charge < -0.3 is 14.4 Å². The fourth-order valence-corrected chi connectivity index (χ4v) is 4.83. The summed E-state index contributed by atoms with van der Waals surface area (Å²) < 4.78 is 36.7. The Hall–Kier alpha value is -0.700. The second-order valence-corrected chi connectivity index (χ2v) is 8.23. The van der Waals surface area contributed by atoms with Gasteiger partial charge in [0.15, 0.2) is 0 Å². The molecule has 7 nitrogen and oxygen atoms in total. The molecule has 0 aromatic carbocycles. The topological polar surface area (TPSA) is 76.1 Å². The van der Waals surface area contributed by atoms with E-state index in [1.165, 1.54) is 10.6 Å². The van der Waals surface area contributed by atoms with E-state index in [1.807, 2.05) is 4.90 Å². The number of rotatable bonds is 4. The third-order valence-electron chi connectivity index (χ3n) is 4.79. The van der Waals surface area contributed by atoms with Crippen molar-refractivity contribution in [1.29, 1.82) is 0 Å². The Morgan fingerprint density at radius 2 is 1.95 bits per heavy atom. The van der Waals surface area contributed by atoms with Gasteiger partial charge in [-0.05, 0) is 25.7 Å². The minimum atomic E-state index is -3.23. The van der Waals surface area contributed by atoms with E-state index in [2.05, 4.69) is 0 Å². The zero-order valence-electron chi connectivity index (χ0n) is 12.9. The van der Waals surface area contributed by atoms with Gasteiger partial charge in [0.2, 0.25) is 15.9 Å². The van der Waals surface area contributed by atoms with Crippen molar-refractivity contribution in [3.05, 3.63) is 0 Å². The largest absolute Gasteiger partial charge is 0.372 e. The molecule has 3 aliphatic rings. The third kappa shape index (κ3) is 3.29. The maximum absolute atomic E-state index is 12.0. The fourth-order valence-electron chi connectivity index (χ4n) is 3.71. The van der Waals surface area contributed by atoms with Crippen molar-refractivity contribution in [3.8, 4) is 0 Å². The van der Waals surface area contributed by atoms with Crippen LogP contribution < -0.4 is 0 Å². The minimum absolute atomic E-state index is 0.0247. The Morgan fingerprint density at radius 1 is 1.23 bits per heavy atom. The fraction of sp³-hybridized carbons (Fsp3) is 0.929. The lowest BCUT2D eigenvalue weighted by Crippen LogP contribution is -2.53. The molecule has 0 aromatic rings. The zero-order valence-corrected chi connectivity index (χ0v) is 13.8. The number of carbonyl (C=O) groups is 1. The standard InChI is InChI=1S/C14H24N2O5S/c1-22(18,19)16-8-9-20-14-11(16)4-5-12(14)21-10-13(17)15-6-2-3-7-15/h11-12,14H,2-10H2,1H3/t11-,12+,14+/m1/s1. The molecule has 1 aliphatic carbocycles. The minimum Gasteiger partial charge on any atom is -0.372 e. The number of likely N-dealkylation sites (tertiary alicyclic amines) is 1. The van der Waals surface area contributed by atoms with Crippen LogP contribution in [0.1, 0.15) is 25.7 Å². The van der Waals surface area contributed by atoms with Crippen molar-refractivity contribution in [2.45, 2.75) is 43.9 Å². The summed E-state index contributed by atoms with van der Waals surface area (Å²) >= 11 is 0. The van der Waals surface area contributed by atoms with E-state index in [0.29, 0.717) is 13.2 Å². The molecule has 2 saturated heterocycles. The van der Waals surface area contributed by atoms with Gasteiger partial charge in [-0.3, -0.25) is 4.79 Å². The summed E-state index contributed by atoms with van der Waals surface area (Å²) in [6, 6.07) is -0.157. The van der Waals surface area contributed by atoms with E-state index in [0.717, 1.165) is 38.8 Å². The van der Waals surface area contributed by atoms with Gasteiger partial charge in [0.1, 0.15) is 12.7 Å². The van der Waals surface area contributed by atoms with Crippen molar-refractivity contribution < 1.29 is 22.7 Å². The molecule has 2 heterocycles. The van der Waals surface area contributed by atoms with Crippen LogP contribution in [0.25, 0.3) is 0 Å². The van der Waals surface area contributed by atoms with E-state index in [1.54, 1.807) is 0 Å². The third-order valence-corrected chi connectivity index (χ3v) is 6.10. The van der Waals surface area contributed by atoms with Crippen LogP contribution in [-0.2, 0) is 24.3 Å². The molecule has 8 heteroatoms. The molecule has 3 fully saturated rings. The molecule has 3 atom stereocenters. The molecule has 22 heavy (non-hydrogen) atoms. The van der Waals surface area contributed by atoms with Gasteiger partial charge in [-0.2, -0.15) is 4.31 Å². The smallest absolute Gasteiger partial charge is 0.248 e. The maximum Gasteiger partial charge on any atom is 0.248 e. The lowest BCUT2D eigenvalue weighted by molar-refractivity contribution is -0.143. The average Bonchev–Trinajstić information content (AvgIpc) is 3.13. The lowest BCUT2D eigenvalue weighted by Gasteiger charge is -2.37. The summed E-state index contributed by atoms with van der Waals surface area (Å²) in [5.74, 6) is 0.0247. The predicted molar refractivity (Wildman–Crippen MR) is 79.9 cm³/mol. The van der Waals surface area contributed by atoms with Crippen LogP contribution >= 0.6 is 0 Å². The molecular weight excluding hydrogens is 308 g/mol. The number of carbonyl (C=O) groups excluding carboxylic acids is 1. The molecule has 0 N–H and O–H groups in total. The highest BCUT2D eigenvalue weighted by molar-refractivity contribution is 7.88. The Morgan fingerprint density at radius 3 is 2.64 bits per heavy atom. The molecule has 0 bridgehead atoms. The van der Waals surface area contributed by atoms with Crippen LogP contribution in [0.5, 0.6) is 0 Å². The van der Waals surface area contributed by atoms with Crippen LogP contribution in [0.15, 0.2) is 0 Å². The van der Waals surface area contributed by atoms with Crippen LogP contribution in [0.3, 0.4) is 0 Å². The van der Waals surface area contributed by atoms with Crippen LogP contribution in [0, 0.1) is 0 Å². The summed E-state index contributed by atoms with van der Waals surface area (Å²) in [5, 5.41) is 0. The molecule has 1 saturated carbocycles. The van der Waals surface area contributed by atoms with E-state index < -0.39 is 10.0 Å². The van der Waals surface area contributed by atoms with E-state index in [-0.39, 0.29) is 30.8 Å². The van der Waals surface area contributed by atoms with Crippen LogP contribution in [0.4, 0.5) is 0 Å². The lowest BCUT2D eigenvalue weighted by atomic mass is 10.1. The summed E-state index contributed by atoms with van der Waals surface area (Å²) in [5.41, 5.74) is 0. The van der Waals surface area contributed by atoms with Gasteiger partial charge in [-0.1, -0.05) is 0 Å². The first kappa shape index (κ1) is 16.2. The monoisotopic (exact) mass is 332 g/mol. The first-order valence-electron chi connectivity index (χ1n) is 7.94. The molecule has 0 spiro atoms. The number of hydrogen-bond acceptors (Lipinski definition) is 5. The molecule has 0 unspecified atom stereocenters. The summed E-state index contributed by atoms with van der Waals surface area (Å²) in [6.45, 7) is 2.48. The molecule has 0 radical (unpaired) electrons. The summed E-state index contributed by atoms with van der Waals surface area (Å²) in [4.78, 5) is 13.9. The number of ether oxygens (including phenoxy) is 2. The molecule has 0 aromatic heterocycles. The Balaban J connectivity index is 1.56. The van der Waals surface area contributed by atoms with Gasteiger partial charge in [-0.15, -0.1) is 0 Å². The number of morpholine rings is 1. The number of fused-ring (bicyclic) bond motifs is 1. The molecule has 3 rings (SSSR count). The number of nitrogens with zero attached hydrogens (tertiary/aromatic N) is 2. The van der Waals surface area contributed by atoms with Crippen molar-refractivity contribution >= 4 is 15.9 Å². The van der Waals surface area contributed by atoms with Gasteiger partial charge in [0, 0.05) is 19.6 Å². The van der Waals surface area contributed by atoms with Crippen molar-refractivity contribution in [3.63, 3.8) is 0 Å². The SMILES string of the molecule is CS(=O)(=O)N1CCO[C@@H]2[C@@H](OCC(=O)N3CCCC3)CC[C@H]21. The number of hydrogen-bond donors (Lipinski definition) is 0. The molecule has 2 aliphatic heterocycles.